The molecule has 0 bridgehead atoms. The number of nitrogens with zero attached hydrogens (tertiary/aromatic N) is 4. The number of amides is 1. The normalized spacial score (nSPS) is 20.4. The van der Waals surface area contributed by atoms with Crippen LogP contribution in [0, 0.1) is 6.92 Å². The Bertz CT molecular complexity index is 1120. The number of aromatic nitrogens is 2. The van der Waals surface area contributed by atoms with Crippen molar-refractivity contribution in [3.8, 4) is 0 Å². The first-order valence-electron chi connectivity index (χ1n) is 11.1. The highest BCUT2D eigenvalue weighted by atomic mass is 16.2. The highest BCUT2D eigenvalue weighted by Crippen LogP contribution is 2.26. The zero-order valence-electron chi connectivity index (χ0n) is 19.2. The van der Waals surface area contributed by atoms with E-state index < -0.39 is 0 Å². The summed E-state index contributed by atoms with van der Waals surface area (Å²) in [5, 5.41) is 0. The lowest BCUT2D eigenvalue weighted by Gasteiger charge is -2.32. The summed E-state index contributed by atoms with van der Waals surface area (Å²) < 4.78 is 2.01. The van der Waals surface area contributed by atoms with Crippen molar-refractivity contribution in [2.45, 2.75) is 53.1 Å². The minimum atomic E-state index is 0.00831. The topological polar surface area (TPSA) is 40.9 Å². The summed E-state index contributed by atoms with van der Waals surface area (Å²) in [5.41, 5.74) is 6.34. The van der Waals surface area contributed by atoms with Crippen LogP contribution in [0.4, 0.5) is 0 Å². The molecular formula is C26H32N4O. The van der Waals surface area contributed by atoms with Crippen LogP contribution in [0.1, 0.15) is 45.4 Å². The van der Waals surface area contributed by atoms with Crippen LogP contribution in [-0.2, 0) is 4.79 Å². The first-order chi connectivity index (χ1) is 14.8. The van der Waals surface area contributed by atoms with Gasteiger partial charge in [-0.2, -0.15) is 0 Å². The van der Waals surface area contributed by atoms with Crippen LogP contribution in [0.25, 0.3) is 11.2 Å². The molecule has 4 rings (SSSR count). The molecule has 0 N–H and O–H groups in total. The Morgan fingerprint density at radius 3 is 2.77 bits per heavy atom. The lowest BCUT2D eigenvalue weighted by Crippen LogP contribution is -2.36. The van der Waals surface area contributed by atoms with E-state index in [1.54, 1.807) is 6.08 Å². The average Bonchev–Trinajstić information content (AvgIpc) is 3.13. The number of imidazole rings is 1. The molecule has 162 valence electrons. The number of carbonyl (C=O) groups is 1. The molecule has 0 radical (unpaired) electrons. The SMILES string of the molecule is C/C(=C\C(=O)N1C=C(C2=CCN(C(C)C)CC2)C=CC1C)c1ccc2nc(C)cn2c1. The summed E-state index contributed by atoms with van der Waals surface area (Å²) in [6.45, 7) is 12.5. The van der Waals surface area contributed by atoms with E-state index in [-0.39, 0.29) is 11.9 Å². The van der Waals surface area contributed by atoms with Crippen LogP contribution < -0.4 is 0 Å². The molecule has 0 fully saturated rings. The Morgan fingerprint density at radius 1 is 1.26 bits per heavy atom. The molecule has 0 aliphatic carbocycles. The number of aryl methyl sites for hydroxylation is 1. The Hall–Kier alpha value is -2.92. The van der Waals surface area contributed by atoms with Crippen molar-refractivity contribution in [3.05, 3.63) is 77.4 Å². The third-order valence-corrected chi connectivity index (χ3v) is 6.23. The Morgan fingerprint density at radius 2 is 2.06 bits per heavy atom. The van der Waals surface area contributed by atoms with Gasteiger partial charge in [0.05, 0.1) is 11.7 Å². The second-order valence-electron chi connectivity index (χ2n) is 8.89. The van der Waals surface area contributed by atoms with E-state index in [0.717, 1.165) is 47.6 Å². The third-order valence-electron chi connectivity index (χ3n) is 6.23. The van der Waals surface area contributed by atoms with Gasteiger partial charge in [-0.3, -0.25) is 9.69 Å². The van der Waals surface area contributed by atoms with Gasteiger partial charge in [0.2, 0.25) is 0 Å². The van der Waals surface area contributed by atoms with Gasteiger partial charge >= 0.3 is 0 Å². The van der Waals surface area contributed by atoms with Gasteiger partial charge in [-0.15, -0.1) is 0 Å². The number of pyridine rings is 1. The van der Waals surface area contributed by atoms with Crippen LogP contribution in [0.2, 0.25) is 0 Å². The number of allylic oxidation sites excluding steroid dienone is 3. The van der Waals surface area contributed by atoms with E-state index >= 15 is 0 Å². The van der Waals surface area contributed by atoms with Gasteiger partial charge < -0.3 is 9.30 Å². The molecule has 2 aliphatic heterocycles. The maximum absolute atomic E-state index is 13.2. The van der Waals surface area contributed by atoms with E-state index in [0.29, 0.717) is 6.04 Å². The number of hydrogen-bond acceptors (Lipinski definition) is 3. The molecule has 31 heavy (non-hydrogen) atoms. The molecule has 5 heteroatoms. The van der Waals surface area contributed by atoms with Crippen LogP contribution in [-0.4, -0.2) is 50.3 Å². The monoisotopic (exact) mass is 416 g/mol. The molecule has 5 nitrogen and oxygen atoms in total. The molecular weight excluding hydrogens is 384 g/mol. The van der Waals surface area contributed by atoms with E-state index in [1.807, 2.05) is 53.9 Å². The molecule has 0 saturated heterocycles. The van der Waals surface area contributed by atoms with Crippen molar-refractivity contribution >= 4 is 17.1 Å². The van der Waals surface area contributed by atoms with Gasteiger partial charge in [-0.25, -0.2) is 4.98 Å². The van der Waals surface area contributed by atoms with Crippen molar-refractivity contribution < 1.29 is 4.79 Å². The third kappa shape index (κ3) is 4.57. The first-order valence-corrected chi connectivity index (χ1v) is 11.1. The van der Waals surface area contributed by atoms with Gasteiger partial charge in [0.1, 0.15) is 5.65 Å². The second-order valence-corrected chi connectivity index (χ2v) is 8.89. The van der Waals surface area contributed by atoms with Crippen molar-refractivity contribution in [3.63, 3.8) is 0 Å². The maximum Gasteiger partial charge on any atom is 0.251 e. The lowest BCUT2D eigenvalue weighted by atomic mass is 9.96. The molecule has 2 aromatic heterocycles. The molecule has 1 unspecified atom stereocenters. The predicted molar refractivity (Wildman–Crippen MR) is 127 cm³/mol. The molecule has 0 saturated carbocycles. The molecule has 4 heterocycles. The first kappa shape index (κ1) is 21.3. The molecule has 1 amide bonds. The minimum absolute atomic E-state index is 0.00831. The van der Waals surface area contributed by atoms with Gasteiger partial charge in [0, 0.05) is 43.8 Å². The van der Waals surface area contributed by atoms with Crippen LogP contribution in [0.15, 0.2) is 66.2 Å². The second kappa shape index (κ2) is 8.67. The van der Waals surface area contributed by atoms with Gasteiger partial charge in [-0.05, 0) is 75.5 Å². The summed E-state index contributed by atoms with van der Waals surface area (Å²) in [5.74, 6) is 0.00831. The molecule has 2 aromatic rings. The summed E-state index contributed by atoms with van der Waals surface area (Å²) in [6, 6.07) is 4.61. The van der Waals surface area contributed by atoms with Crippen molar-refractivity contribution in [1.29, 1.82) is 0 Å². The summed E-state index contributed by atoms with van der Waals surface area (Å²) in [7, 11) is 0. The summed E-state index contributed by atoms with van der Waals surface area (Å²) >= 11 is 0. The smallest absolute Gasteiger partial charge is 0.251 e. The molecule has 0 aromatic carbocycles. The fourth-order valence-electron chi connectivity index (χ4n) is 4.21. The zero-order valence-corrected chi connectivity index (χ0v) is 19.2. The quantitative estimate of drug-likeness (QED) is 0.675. The number of hydrogen-bond donors (Lipinski definition) is 0. The fourth-order valence-corrected chi connectivity index (χ4v) is 4.21. The Labute approximate surface area is 185 Å². The van der Waals surface area contributed by atoms with Gasteiger partial charge in [0.25, 0.3) is 5.91 Å². The van der Waals surface area contributed by atoms with Crippen molar-refractivity contribution in [2.75, 3.05) is 13.1 Å². The van der Waals surface area contributed by atoms with Gasteiger partial charge in [0.15, 0.2) is 0 Å². The van der Waals surface area contributed by atoms with Crippen LogP contribution in [0.5, 0.6) is 0 Å². The zero-order chi connectivity index (χ0) is 22.1. The van der Waals surface area contributed by atoms with Gasteiger partial charge in [-0.1, -0.05) is 18.2 Å². The van der Waals surface area contributed by atoms with Crippen molar-refractivity contribution in [2.24, 2.45) is 0 Å². The van der Waals surface area contributed by atoms with Crippen LogP contribution in [0.3, 0.4) is 0 Å². The molecule has 1 atom stereocenters. The Balaban J connectivity index is 1.54. The summed E-state index contributed by atoms with van der Waals surface area (Å²) in [4.78, 5) is 21.9. The molecule has 0 spiro atoms. The minimum Gasteiger partial charge on any atom is -0.308 e. The Kier molecular flexibility index (Phi) is 5.96. The maximum atomic E-state index is 13.2. The van der Waals surface area contributed by atoms with E-state index in [9.17, 15) is 4.79 Å². The van der Waals surface area contributed by atoms with Crippen LogP contribution >= 0.6 is 0 Å². The molecule has 2 aliphatic rings. The fraction of sp³-hybridized carbons (Fsp3) is 0.385. The van der Waals surface area contributed by atoms with E-state index in [2.05, 4.69) is 48.9 Å². The number of rotatable bonds is 4. The highest BCUT2D eigenvalue weighted by molar-refractivity contribution is 5.96. The highest BCUT2D eigenvalue weighted by Gasteiger charge is 2.22. The van der Waals surface area contributed by atoms with E-state index in [4.69, 9.17) is 0 Å². The number of carbonyl (C=O) groups excluding carboxylic acids is 1. The number of fused-ring (bicyclic) bond motifs is 1. The van der Waals surface area contributed by atoms with Crippen molar-refractivity contribution in [1.82, 2.24) is 19.2 Å². The summed E-state index contributed by atoms with van der Waals surface area (Å²) in [6.07, 6.45) is 15.4. The van der Waals surface area contributed by atoms with E-state index in [1.165, 1.54) is 5.57 Å². The predicted octanol–water partition coefficient (Wildman–Crippen LogP) is 4.76. The largest absolute Gasteiger partial charge is 0.308 e. The standard InChI is InChI=1S/C26H32N4O/c1-18(2)28-12-10-22(11-13-28)24-7-6-21(5)30(17-24)26(31)14-19(3)23-8-9-25-27-20(4)15-29(25)16-23/h6-10,14-18,21H,11-13H2,1-5H3/b19-14+. The average molecular weight is 417 g/mol. The lowest BCUT2D eigenvalue weighted by molar-refractivity contribution is -0.124.